The molecule has 0 aromatic heterocycles. The van der Waals surface area contributed by atoms with Gasteiger partial charge in [-0.3, -0.25) is 9.59 Å². The summed E-state index contributed by atoms with van der Waals surface area (Å²) in [6.45, 7) is 1.44. The van der Waals surface area contributed by atoms with E-state index in [0.29, 0.717) is 17.0 Å². The molecule has 0 atom stereocenters. The van der Waals surface area contributed by atoms with Crippen LogP contribution in [0.2, 0.25) is 0 Å². The molecule has 0 aliphatic rings. The van der Waals surface area contributed by atoms with Crippen LogP contribution in [0.4, 0.5) is 5.69 Å². The van der Waals surface area contributed by atoms with Gasteiger partial charge in [0.1, 0.15) is 5.75 Å². The van der Waals surface area contributed by atoms with Gasteiger partial charge in [-0.05, 0) is 43.3 Å². The van der Waals surface area contributed by atoms with Crippen LogP contribution in [0.15, 0.2) is 64.9 Å². The quantitative estimate of drug-likeness (QED) is 0.419. The third-order valence-corrected chi connectivity index (χ3v) is 3.37. The van der Waals surface area contributed by atoms with Gasteiger partial charge in [0.25, 0.3) is 11.8 Å². The zero-order valence-electron chi connectivity index (χ0n) is 14.3. The maximum absolute atomic E-state index is 12.2. The summed E-state index contributed by atoms with van der Waals surface area (Å²) in [7, 11) is 1.53. The second kappa shape index (κ2) is 8.97. The molecule has 0 radical (unpaired) electrons. The molecule has 0 bridgehead atoms. The van der Waals surface area contributed by atoms with Crippen molar-refractivity contribution in [3.63, 3.8) is 0 Å². The van der Waals surface area contributed by atoms with Crippen LogP contribution in [0.3, 0.4) is 0 Å². The number of nitrogens with one attached hydrogen (secondary N) is 2. The molecule has 0 aliphatic heterocycles. The first kappa shape index (κ1) is 18.7. The molecular weight excluding hydrogens is 336 g/mol. The van der Waals surface area contributed by atoms with E-state index in [9.17, 15) is 9.59 Å². The molecule has 0 aliphatic carbocycles. The lowest BCUT2D eigenvalue weighted by atomic mass is 10.2. The van der Waals surface area contributed by atoms with Gasteiger partial charge in [-0.1, -0.05) is 23.4 Å². The maximum atomic E-state index is 12.2. The molecule has 0 spiro atoms. The monoisotopic (exact) mass is 354 g/mol. The van der Waals surface area contributed by atoms with Gasteiger partial charge in [-0.2, -0.15) is 5.10 Å². The Hall–Kier alpha value is -3.68. The fraction of sp³-hybridized carbons (Fsp3) is 0.111. The molecule has 0 saturated heterocycles. The third kappa shape index (κ3) is 4.91. The van der Waals surface area contributed by atoms with Crippen molar-refractivity contribution in [1.82, 2.24) is 5.43 Å². The van der Waals surface area contributed by atoms with Gasteiger partial charge >= 0.3 is 0 Å². The number of benzene rings is 2. The normalized spacial score (nSPS) is 11.6. The second-order valence-electron chi connectivity index (χ2n) is 5.14. The first-order valence-corrected chi connectivity index (χ1v) is 7.62. The lowest BCUT2D eigenvalue weighted by molar-refractivity contribution is -0.110. The van der Waals surface area contributed by atoms with E-state index in [0.717, 1.165) is 0 Å². The highest BCUT2D eigenvalue weighted by Crippen LogP contribution is 2.11. The molecule has 2 aromatic rings. The Labute approximate surface area is 150 Å². The number of rotatable bonds is 6. The molecule has 3 N–H and O–H groups in total. The van der Waals surface area contributed by atoms with Crippen LogP contribution >= 0.6 is 0 Å². The number of oxime groups is 1. The van der Waals surface area contributed by atoms with Crippen molar-refractivity contribution in [1.29, 1.82) is 0 Å². The smallest absolute Gasteiger partial charge is 0.279 e. The van der Waals surface area contributed by atoms with E-state index in [1.807, 2.05) is 0 Å². The van der Waals surface area contributed by atoms with E-state index >= 15 is 0 Å². The highest BCUT2D eigenvalue weighted by Gasteiger charge is 2.16. The number of amides is 2. The summed E-state index contributed by atoms with van der Waals surface area (Å²) in [5.74, 6) is -0.514. The van der Waals surface area contributed by atoms with Gasteiger partial charge in [0.05, 0.1) is 12.8 Å². The van der Waals surface area contributed by atoms with Crippen LogP contribution in [-0.2, 0) is 4.79 Å². The minimum Gasteiger partial charge on any atom is -0.497 e. The summed E-state index contributed by atoms with van der Waals surface area (Å²) in [6.07, 6.45) is 0. The van der Waals surface area contributed by atoms with Crippen LogP contribution in [0.5, 0.6) is 5.75 Å². The number of ether oxygens (including phenoxy) is 1. The van der Waals surface area contributed by atoms with E-state index < -0.39 is 11.8 Å². The number of nitrogens with zero attached hydrogens (tertiary/aromatic N) is 2. The Morgan fingerprint density at radius 1 is 1.04 bits per heavy atom. The first-order chi connectivity index (χ1) is 12.5. The minimum atomic E-state index is -0.654. The van der Waals surface area contributed by atoms with Crippen LogP contribution in [0.25, 0.3) is 0 Å². The van der Waals surface area contributed by atoms with Gasteiger partial charge in [-0.25, -0.2) is 5.43 Å². The Balaban J connectivity index is 2.03. The predicted octanol–water partition coefficient (Wildman–Crippen LogP) is 2.27. The molecule has 0 saturated carbocycles. The molecule has 2 aromatic carbocycles. The summed E-state index contributed by atoms with van der Waals surface area (Å²) in [4.78, 5) is 24.2. The molecule has 8 heteroatoms. The van der Waals surface area contributed by atoms with Crippen molar-refractivity contribution in [2.24, 2.45) is 10.3 Å². The number of anilines is 1. The number of methoxy groups -OCH3 is 1. The molecule has 8 nitrogen and oxygen atoms in total. The molecular formula is C18H18N4O4. The summed E-state index contributed by atoms with van der Waals surface area (Å²) in [6, 6.07) is 15.1. The van der Waals surface area contributed by atoms with Crippen LogP contribution in [-0.4, -0.2) is 35.6 Å². The molecule has 0 heterocycles. The largest absolute Gasteiger partial charge is 0.497 e. The summed E-state index contributed by atoms with van der Waals surface area (Å²) < 4.78 is 5.02. The fourth-order valence-electron chi connectivity index (χ4n) is 1.99. The average molecular weight is 354 g/mol. The maximum Gasteiger partial charge on any atom is 0.279 e. The van der Waals surface area contributed by atoms with Crippen molar-refractivity contribution in [2.75, 3.05) is 12.4 Å². The van der Waals surface area contributed by atoms with Crippen molar-refractivity contribution in [3.05, 3.63) is 60.2 Å². The lowest BCUT2D eigenvalue weighted by Crippen LogP contribution is -2.31. The standard InChI is InChI=1S/C18H18N4O4/c1-12(16(22-25)18(24)19-14-6-4-3-5-7-14)20-21-17(23)13-8-10-15(26-2)11-9-13/h3-11,25H,1-2H3,(H,19,24)(H,21,23)/b20-12+,22-16-. The van der Waals surface area contributed by atoms with Gasteiger partial charge in [0, 0.05) is 11.3 Å². The summed E-state index contributed by atoms with van der Waals surface area (Å²) in [5, 5.41) is 18.4. The Morgan fingerprint density at radius 3 is 2.27 bits per heavy atom. The summed E-state index contributed by atoms with van der Waals surface area (Å²) >= 11 is 0. The van der Waals surface area contributed by atoms with E-state index in [1.54, 1.807) is 54.6 Å². The second-order valence-corrected chi connectivity index (χ2v) is 5.14. The molecule has 0 fully saturated rings. The zero-order valence-corrected chi connectivity index (χ0v) is 14.3. The number of para-hydroxylation sites is 1. The van der Waals surface area contributed by atoms with E-state index in [-0.39, 0.29) is 11.4 Å². The van der Waals surface area contributed by atoms with E-state index in [4.69, 9.17) is 9.94 Å². The van der Waals surface area contributed by atoms with Gasteiger partial charge in [-0.15, -0.1) is 0 Å². The molecule has 2 rings (SSSR count). The fourth-order valence-corrected chi connectivity index (χ4v) is 1.99. The average Bonchev–Trinajstić information content (AvgIpc) is 2.67. The van der Waals surface area contributed by atoms with Gasteiger partial charge in [0.15, 0.2) is 5.71 Å². The number of hydrogen-bond acceptors (Lipinski definition) is 6. The number of carbonyl (C=O) groups is 2. The SMILES string of the molecule is COc1ccc(C(=O)N/N=C(C)/C(=N/O)C(=O)Nc2ccccc2)cc1. The van der Waals surface area contributed by atoms with Crippen LogP contribution in [0.1, 0.15) is 17.3 Å². The van der Waals surface area contributed by atoms with Crippen LogP contribution < -0.4 is 15.5 Å². The van der Waals surface area contributed by atoms with Gasteiger partial charge < -0.3 is 15.3 Å². The van der Waals surface area contributed by atoms with Crippen LogP contribution in [0, 0.1) is 0 Å². The van der Waals surface area contributed by atoms with Gasteiger partial charge in [0.2, 0.25) is 0 Å². The number of carbonyl (C=O) groups excluding carboxylic acids is 2. The minimum absolute atomic E-state index is 0.0443. The molecule has 0 unspecified atom stereocenters. The molecule has 134 valence electrons. The topological polar surface area (TPSA) is 112 Å². The highest BCUT2D eigenvalue weighted by molar-refractivity contribution is 6.68. The van der Waals surface area contributed by atoms with E-state index in [1.165, 1.54) is 14.0 Å². The summed E-state index contributed by atoms with van der Waals surface area (Å²) in [5.41, 5.74) is 2.93. The zero-order chi connectivity index (χ0) is 18.9. The number of hydrazone groups is 1. The molecule has 26 heavy (non-hydrogen) atoms. The Kier molecular flexibility index (Phi) is 6.44. The van der Waals surface area contributed by atoms with Crippen molar-refractivity contribution in [3.8, 4) is 5.75 Å². The Bertz CT molecular complexity index is 830. The van der Waals surface area contributed by atoms with Crippen molar-refractivity contribution >= 4 is 28.9 Å². The Morgan fingerprint density at radius 2 is 1.69 bits per heavy atom. The highest BCUT2D eigenvalue weighted by atomic mass is 16.5. The van der Waals surface area contributed by atoms with Crippen molar-refractivity contribution < 1.29 is 19.5 Å². The first-order valence-electron chi connectivity index (χ1n) is 7.62. The predicted molar refractivity (Wildman–Crippen MR) is 97.9 cm³/mol. The molecule has 2 amide bonds. The van der Waals surface area contributed by atoms with E-state index in [2.05, 4.69) is 21.0 Å². The lowest BCUT2D eigenvalue weighted by Gasteiger charge is -2.07. The van der Waals surface area contributed by atoms with Crippen molar-refractivity contribution in [2.45, 2.75) is 6.92 Å². The number of hydrogen-bond donors (Lipinski definition) is 3. The third-order valence-electron chi connectivity index (χ3n) is 3.37.